The largest absolute Gasteiger partial charge is 0.372 e. The van der Waals surface area contributed by atoms with Gasteiger partial charge in [0.25, 0.3) is 0 Å². The molecule has 0 aromatic heterocycles. The SMILES string of the molecule is CNCC(=O)c1cccc2c1COC2. The van der Waals surface area contributed by atoms with Gasteiger partial charge in [0, 0.05) is 5.56 Å². The van der Waals surface area contributed by atoms with Gasteiger partial charge in [0.1, 0.15) is 0 Å². The molecule has 2 rings (SSSR count). The summed E-state index contributed by atoms with van der Waals surface area (Å²) in [5.74, 6) is 0.134. The van der Waals surface area contributed by atoms with Crippen molar-refractivity contribution >= 4 is 5.78 Å². The van der Waals surface area contributed by atoms with Gasteiger partial charge < -0.3 is 10.1 Å². The molecule has 3 heteroatoms. The minimum absolute atomic E-state index is 0.134. The van der Waals surface area contributed by atoms with E-state index < -0.39 is 0 Å². The fourth-order valence-electron chi connectivity index (χ4n) is 1.72. The number of fused-ring (bicyclic) bond motifs is 1. The van der Waals surface area contributed by atoms with Gasteiger partial charge >= 0.3 is 0 Å². The van der Waals surface area contributed by atoms with E-state index >= 15 is 0 Å². The van der Waals surface area contributed by atoms with Crippen molar-refractivity contribution in [2.45, 2.75) is 13.2 Å². The summed E-state index contributed by atoms with van der Waals surface area (Å²) in [7, 11) is 1.78. The van der Waals surface area contributed by atoms with Crippen molar-refractivity contribution in [1.29, 1.82) is 0 Å². The third-order valence-corrected chi connectivity index (χ3v) is 2.41. The molecule has 1 heterocycles. The quantitative estimate of drug-likeness (QED) is 0.727. The zero-order valence-electron chi connectivity index (χ0n) is 8.17. The van der Waals surface area contributed by atoms with Gasteiger partial charge in [-0.15, -0.1) is 0 Å². The van der Waals surface area contributed by atoms with Gasteiger partial charge in [-0.1, -0.05) is 18.2 Å². The first-order valence-corrected chi connectivity index (χ1v) is 4.69. The van der Waals surface area contributed by atoms with E-state index in [1.54, 1.807) is 7.05 Å². The lowest BCUT2D eigenvalue weighted by molar-refractivity contribution is 0.0988. The van der Waals surface area contributed by atoms with Crippen molar-refractivity contribution in [3.63, 3.8) is 0 Å². The molecule has 1 N–H and O–H groups in total. The summed E-state index contributed by atoms with van der Waals surface area (Å²) in [5.41, 5.74) is 3.01. The Morgan fingerprint density at radius 1 is 1.50 bits per heavy atom. The van der Waals surface area contributed by atoms with Gasteiger partial charge in [-0.2, -0.15) is 0 Å². The fourth-order valence-corrected chi connectivity index (χ4v) is 1.72. The molecule has 1 aromatic rings. The topological polar surface area (TPSA) is 38.3 Å². The van der Waals surface area contributed by atoms with E-state index in [1.165, 1.54) is 0 Å². The molecule has 0 bridgehead atoms. The first kappa shape index (κ1) is 9.37. The number of hydrogen-bond acceptors (Lipinski definition) is 3. The lowest BCUT2D eigenvalue weighted by Gasteiger charge is -2.05. The normalized spacial score (nSPS) is 14.1. The molecule has 1 aromatic carbocycles. The average molecular weight is 191 g/mol. The molecular weight excluding hydrogens is 178 g/mol. The molecule has 0 saturated carbocycles. The highest BCUT2D eigenvalue weighted by atomic mass is 16.5. The fraction of sp³-hybridized carbons (Fsp3) is 0.364. The lowest BCUT2D eigenvalue weighted by atomic mass is 10.0. The van der Waals surface area contributed by atoms with Gasteiger partial charge in [0.05, 0.1) is 19.8 Å². The molecule has 0 fully saturated rings. The van der Waals surface area contributed by atoms with Crippen LogP contribution in [0.15, 0.2) is 18.2 Å². The molecule has 0 atom stereocenters. The second-order valence-corrected chi connectivity index (χ2v) is 3.39. The van der Waals surface area contributed by atoms with Crippen LogP contribution in [0.25, 0.3) is 0 Å². The first-order chi connectivity index (χ1) is 6.83. The van der Waals surface area contributed by atoms with Crippen LogP contribution in [0.2, 0.25) is 0 Å². The predicted molar refractivity (Wildman–Crippen MR) is 53.2 cm³/mol. The van der Waals surface area contributed by atoms with Crippen molar-refractivity contribution in [2.24, 2.45) is 0 Å². The summed E-state index contributed by atoms with van der Waals surface area (Å²) in [5, 5.41) is 2.87. The summed E-state index contributed by atoms with van der Waals surface area (Å²) in [6, 6.07) is 5.79. The second-order valence-electron chi connectivity index (χ2n) is 3.39. The molecule has 1 aliphatic rings. The Labute approximate surface area is 83.1 Å². The number of hydrogen-bond donors (Lipinski definition) is 1. The predicted octanol–water partition coefficient (Wildman–Crippen LogP) is 1.12. The molecule has 3 nitrogen and oxygen atoms in total. The maximum atomic E-state index is 11.7. The number of nitrogens with one attached hydrogen (secondary N) is 1. The highest BCUT2D eigenvalue weighted by Gasteiger charge is 2.18. The monoisotopic (exact) mass is 191 g/mol. The number of carbonyl (C=O) groups is 1. The van der Waals surface area contributed by atoms with Crippen LogP contribution in [0.4, 0.5) is 0 Å². The maximum Gasteiger partial charge on any atom is 0.176 e. The minimum atomic E-state index is 0.134. The maximum absolute atomic E-state index is 11.7. The van der Waals surface area contributed by atoms with Crippen LogP contribution in [0.1, 0.15) is 21.5 Å². The van der Waals surface area contributed by atoms with Crippen LogP contribution in [-0.4, -0.2) is 19.4 Å². The molecule has 0 saturated heterocycles. The first-order valence-electron chi connectivity index (χ1n) is 4.69. The minimum Gasteiger partial charge on any atom is -0.372 e. The van der Waals surface area contributed by atoms with E-state index in [4.69, 9.17) is 4.74 Å². The van der Waals surface area contributed by atoms with Gasteiger partial charge in [-0.05, 0) is 18.2 Å². The molecule has 74 valence electrons. The summed E-state index contributed by atoms with van der Waals surface area (Å²) in [6.07, 6.45) is 0. The van der Waals surface area contributed by atoms with Gasteiger partial charge in [-0.3, -0.25) is 4.79 Å². The molecular formula is C11H13NO2. The summed E-state index contributed by atoms with van der Waals surface area (Å²) in [4.78, 5) is 11.7. The molecule has 1 aliphatic heterocycles. The van der Waals surface area contributed by atoms with Crippen molar-refractivity contribution in [2.75, 3.05) is 13.6 Å². The number of benzene rings is 1. The standard InChI is InChI=1S/C11H13NO2/c1-12-5-11(13)9-4-2-3-8-6-14-7-10(8)9/h2-4,12H,5-7H2,1H3. The molecule has 0 spiro atoms. The molecule has 0 amide bonds. The number of ether oxygens (including phenoxy) is 1. The van der Waals surface area contributed by atoms with Crippen LogP contribution < -0.4 is 5.32 Å². The molecule has 0 radical (unpaired) electrons. The van der Waals surface area contributed by atoms with Crippen LogP contribution in [0, 0.1) is 0 Å². The van der Waals surface area contributed by atoms with E-state index in [0.29, 0.717) is 19.8 Å². The zero-order chi connectivity index (χ0) is 9.97. The van der Waals surface area contributed by atoms with Crippen LogP contribution in [0.3, 0.4) is 0 Å². The third kappa shape index (κ3) is 1.56. The van der Waals surface area contributed by atoms with Crippen LogP contribution in [0.5, 0.6) is 0 Å². The van der Waals surface area contributed by atoms with E-state index in [9.17, 15) is 4.79 Å². The van der Waals surface area contributed by atoms with Gasteiger partial charge in [0.2, 0.25) is 0 Å². The molecule has 14 heavy (non-hydrogen) atoms. The lowest BCUT2D eigenvalue weighted by Crippen LogP contribution is -2.19. The second kappa shape index (κ2) is 3.90. The number of ketones is 1. The summed E-state index contributed by atoms with van der Waals surface area (Å²) < 4.78 is 5.31. The van der Waals surface area contributed by atoms with Crippen molar-refractivity contribution in [3.8, 4) is 0 Å². The Hall–Kier alpha value is -1.19. The van der Waals surface area contributed by atoms with E-state index in [1.807, 2.05) is 18.2 Å². The number of carbonyl (C=O) groups excluding carboxylic acids is 1. The number of Topliss-reactive ketones (excluding diaryl/α,β-unsaturated/α-hetero) is 1. The Morgan fingerprint density at radius 2 is 2.36 bits per heavy atom. The average Bonchev–Trinajstić information content (AvgIpc) is 2.65. The van der Waals surface area contributed by atoms with E-state index in [0.717, 1.165) is 16.7 Å². The van der Waals surface area contributed by atoms with E-state index in [2.05, 4.69) is 5.32 Å². The van der Waals surface area contributed by atoms with Crippen molar-refractivity contribution in [3.05, 3.63) is 34.9 Å². The van der Waals surface area contributed by atoms with Crippen LogP contribution >= 0.6 is 0 Å². The zero-order valence-corrected chi connectivity index (χ0v) is 8.17. The highest BCUT2D eigenvalue weighted by Crippen LogP contribution is 2.23. The Morgan fingerprint density at radius 3 is 3.14 bits per heavy atom. The van der Waals surface area contributed by atoms with Crippen molar-refractivity contribution < 1.29 is 9.53 Å². The smallest absolute Gasteiger partial charge is 0.176 e. The number of likely N-dealkylation sites (N-methyl/N-ethyl adjacent to an activating group) is 1. The molecule has 0 aliphatic carbocycles. The Bertz CT molecular complexity index is 360. The highest BCUT2D eigenvalue weighted by molar-refractivity contribution is 5.99. The number of rotatable bonds is 3. The van der Waals surface area contributed by atoms with Gasteiger partial charge in [-0.25, -0.2) is 0 Å². The van der Waals surface area contributed by atoms with Crippen molar-refractivity contribution in [1.82, 2.24) is 5.32 Å². The summed E-state index contributed by atoms with van der Waals surface area (Å²) in [6.45, 7) is 1.59. The Kier molecular flexibility index (Phi) is 2.61. The molecule has 0 unspecified atom stereocenters. The third-order valence-electron chi connectivity index (χ3n) is 2.41. The Balaban J connectivity index is 2.34. The van der Waals surface area contributed by atoms with Crippen LogP contribution in [-0.2, 0) is 18.0 Å². The van der Waals surface area contributed by atoms with E-state index in [-0.39, 0.29) is 5.78 Å². The van der Waals surface area contributed by atoms with Gasteiger partial charge in [0.15, 0.2) is 5.78 Å². The summed E-state index contributed by atoms with van der Waals surface area (Å²) >= 11 is 0.